The van der Waals surface area contributed by atoms with Gasteiger partial charge in [0.05, 0.1) is 7.11 Å². The molecule has 29 heavy (non-hydrogen) atoms. The SMILES string of the molecule is CN=C(NCC1CCN(c2cccc(OC)c2)C1)NCC(C)c1cccc(C)c1. The first kappa shape index (κ1) is 21.0. The molecule has 0 saturated carbocycles. The molecule has 1 saturated heterocycles. The van der Waals surface area contributed by atoms with E-state index in [-0.39, 0.29) is 0 Å². The van der Waals surface area contributed by atoms with Crippen molar-refractivity contribution in [2.45, 2.75) is 26.2 Å². The van der Waals surface area contributed by atoms with E-state index in [9.17, 15) is 0 Å². The summed E-state index contributed by atoms with van der Waals surface area (Å²) in [6, 6.07) is 17.0. The number of anilines is 1. The van der Waals surface area contributed by atoms with Crippen LogP contribution in [0.1, 0.15) is 30.4 Å². The lowest BCUT2D eigenvalue weighted by atomic mass is 9.99. The zero-order valence-electron chi connectivity index (χ0n) is 18.1. The van der Waals surface area contributed by atoms with E-state index < -0.39 is 0 Å². The Morgan fingerprint density at radius 1 is 1.21 bits per heavy atom. The van der Waals surface area contributed by atoms with E-state index in [1.165, 1.54) is 23.2 Å². The summed E-state index contributed by atoms with van der Waals surface area (Å²) in [5.41, 5.74) is 3.90. The third kappa shape index (κ3) is 5.89. The summed E-state index contributed by atoms with van der Waals surface area (Å²) in [6.07, 6.45) is 1.18. The number of rotatable bonds is 7. The fourth-order valence-corrected chi connectivity index (χ4v) is 3.85. The average Bonchev–Trinajstić information content (AvgIpc) is 3.23. The Hall–Kier alpha value is -2.69. The maximum absolute atomic E-state index is 5.36. The summed E-state index contributed by atoms with van der Waals surface area (Å²) in [5.74, 6) is 2.83. The second-order valence-corrected chi connectivity index (χ2v) is 7.95. The lowest BCUT2D eigenvalue weighted by Crippen LogP contribution is -2.41. The number of aliphatic imine (C=N–C) groups is 1. The molecular formula is C24H34N4O. The van der Waals surface area contributed by atoms with Gasteiger partial charge in [0, 0.05) is 45.0 Å². The van der Waals surface area contributed by atoms with Crippen LogP contribution in [0, 0.1) is 12.8 Å². The molecule has 2 aromatic rings. The first-order valence-corrected chi connectivity index (χ1v) is 10.5. The Labute approximate surface area is 175 Å². The maximum atomic E-state index is 5.36. The molecule has 2 unspecified atom stereocenters. The van der Waals surface area contributed by atoms with Crippen molar-refractivity contribution in [3.63, 3.8) is 0 Å². The van der Waals surface area contributed by atoms with Gasteiger partial charge in [0.2, 0.25) is 0 Å². The number of nitrogens with one attached hydrogen (secondary N) is 2. The molecule has 2 atom stereocenters. The summed E-state index contributed by atoms with van der Waals surface area (Å²) in [4.78, 5) is 6.83. The van der Waals surface area contributed by atoms with Gasteiger partial charge in [-0.25, -0.2) is 0 Å². The van der Waals surface area contributed by atoms with Gasteiger partial charge in [-0.2, -0.15) is 0 Å². The van der Waals surface area contributed by atoms with Crippen molar-refractivity contribution in [1.29, 1.82) is 0 Å². The molecule has 1 aliphatic heterocycles. The normalized spacial score (nSPS) is 17.9. The quantitative estimate of drug-likeness (QED) is 0.554. The van der Waals surface area contributed by atoms with Crippen LogP contribution >= 0.6 is 0 Å². The predicted molar refractivity (Wildman–Crippen MR) is 122 cm³/mol. The van der Waals surface area contributed by atoms with E-state index in [4.69, 9.17) is 4.74 Å². The zero-order chi connectivity index (χ0) is 20.6. The Morgan fingerprint density at radius 3 is 2.79 bits per heavy atom. The topological polar surface area (TPSA) is 48.9 Å². The van der Waals surface area contributed by atoms with E-state index in [0.29, 0.717) is 11.8 Å². The van der Waals surface area contributed by atoms with Crippen LogP contribution in [0.4, 0.5) is 5.69 Å². The molecule has 2 N–H and O–H groups in total. The van der Waals surface area contributed by atoms with Crippen molar-refractivity contribution in [2.75, 3.05) is 45.2 Å². The number of guanidine groups is 1. The van der Waals surface area contributed by atoms with Gasteiger partial charge >= 0.3 is 0 Å². The van der Waals surface area contributed by atoms with Gasteiger partial charge in [-0.15, -0.1) is 0 Å². The second-order valence-electron chi connectivity index (χ2n) is 7.95. The molecule has 156 valence electrons. The first-order valence-electron chi connectivity index (χ1n) is 10.5. The van der Waals surface area contributed by atoms with Crippen LogP contribution in [0.5, 0.6) is 5.75 Å². The van der Waals surface area contributed by atoms with E-state index in [1.807, 2.05) is 13.1 Å². The van der Waals surface area contributed by atoms with Crippen LogP contribution in [0.2, 0.25) is 0 Å². The van der Waals surface area contributed by atoms with Crippen molar-refractivity contribution in [3.8, 4) is 5.75 Å². The molecule has 2 aromatic carbocycles. The molecule has 1 fully saturated rings. The highest BCUT2D eigenvalue weighted by atomic mass is 16.5. The smallest absolute Gasteiger partial charge is 0.191 e. The van der Waals surface area contributed by atoms with Crippen molar-refractivity contribution in [2.24, 2.45) is 10.9 Å². The molecule has 0 aromatic heterocycles. The number of aryl methyl sites for hydroxylation is 1. The largest absolute Gasteiger partial charge is 0.497 e. The molecule has 0 spiro atoms. The van der Waals surface area contributed by atoms with E-state index in [2.05, 4.69) is 76.8 Å². The highest BCUT2D eigenvalue weighted by molar-refractivity contribution is 5.79. The molecule has 1 aliphatic rings. The van der Waals surface area contributed by atoms with Crippen molar-refractivity contribution in [1.82, 2.24) is 10.6 Å². The molecule has 1 heterocycles. The van der Waals surface area contributed by atoms with Crippen LogP contribution in [-0.4, -0.2) is 46.3 Å². The standard InChI is InChI=1S/C24H34N4O/c1-18-7-5-8-21(13-18)19(2)15-26-24(25-3)27-16-20-11-12-28(17-20)22-9-6-10-23(14-22)29-4/h5-10,13-14,19-20H,11-12,15-17H2,1-4H3,(H2,25,26,27). The Balaban J connectivity index is 1.45. The molecule has 3 rings (SSSR count). The van der Waals surface area contributed by atoms with E-state index in [1.54, 1.807) is 7.11 Å². The van der Waals surface area contributed by atoms with Gasteiger partial charge in [-0.1, -0.05) is 42.8 Å². The van der Waals surface area contributed by atoms with Gasteiger partial charge in [-0.05, 0) is 42.9 Å². The summed E-state index contributed by atoms with van der Waals surface area (Å²) in [7, 11) is 3.55. The third-order valence-electron chi connectivity index (χ3n) is 5.67. The molecule has 0 amide bonds. The summed E-state index contributed by atoms with van der Waals surface area (Å²) < 4.78 is 5.36. The highest BCUT2D eigenvalue weighted by Crippen LogP contribution is 2.26. The lowest BCUT2D eigenvalue weighted by molar-refractivity contribution is 0.415. The van der Waals surface area contributed by atoms with Gasteiger partial charge in [-0.3, -0.25) is 4.99 Å². The predicted octanol–water partition coefficient (Wildman–Crippen LogP) is 3.80. The minimum atomic E-state index is 0.434. The molecule has 5 nitrogen and oxygen atoms in total. The monoisotopic (exact) mass is 394 g/mol. The van der Waals surface area contributed by atoms with E-state index in [0.717, 1.165) is 37.9 Å². The summed E-state index contributed by atoms with van der Waals surface area (Å²) in [6.45, 7) is 8.31. The maximum Gasteiger partial charge on any atom is 0.191 e. The Kier molecular flexibility index (Phi) is 7.39. The van der Waals surface area contributed by atoms with Crippen LogP contribution < -0.4 is 20.3 Å². The Morgan fingerprint density at radius 2 is 2.03 bits per heavy atom. The average molecular weight is 395 g/mol. The number of benzene rings is 2. The number of hydrogen-bond donors (Lipinski definition) is 2. The highest BCUT2D eigenvalue weighted by Gasteiger charge is 2.23. The summed E-state index contributed by atoms with van der Waals surface area (Å²) >= 11 is 0. The number of methoxy groups -OCH3 is 1. The van der Waals surface area contributed by atoms with Gasteiger partial charge in [0.1, 0.15) is 5.75 Å². The van der Waals surface area contributed by atoms with Crippen molar-refractivity contribution in [3.05, 3.63) is 59.7 Å². The minimum Gasteiger partial charge on any atom is -0.497 e. The van der Waals surface area contributed by atoms with Gasteiger partial charge in [0.25, 0.3) is 0 Å². The van der Waals surface area contributed by atoms with Gasteiger partial charge in [0.15, 0.2) is 5.96 Å². The fraction of sp³-hybridized carbons (Fsp3) is 0.458. The molecular weight excluding hydrogens is 360 g/mol. The van der Waals surface area contributed by atoms with Crippen molar-refractivity contribution >= 4 is 11.6 Å². The molecule has 5 heteroatoms. The van der Waals surface area contributed by atoms with Crippen LogP contribution in [0.25, 0.3) is 0 Å². The van der Waals surface area contributed by atoms with Crippen LogP contribution in [-0.2, 0) is 0 Å². The van der Waals surface area contributed by atoms with Crippen molar-refractivity contribution < 1.29 is 4.74 Å². The fourth-order valence-electron chi connectivity index (χ4n) is 3.85. The molecule has 0 radical (unpaired) electrons. The Bertz CT molecular complexity index is 820. The number of nitrogens with zero attached hydrogens (tertiary/aromatic N) is 2. The third-order valence-corrected chi connectivity index (χ3v) is 5.67. The summed E-state index contributed by atoms with van der Waals surface area (Å²) in [5, 5.41) is 6.99. The lowest BCUT2D eigenvalue weighted by Gasteiger charge is -2.20. The first-order chi connectivity index (χ1) is 14.1. The van der Waals surface area contributed by atoms with Crippen LogP contribution in [0.3, 0.4) is 0 Å². The number of ether oxygens (including phenoxy) is 1. The van der Waals surface area contributed by atoms with Crippen LogP contribution in [0.15, 0.2) is 53.5 Å². The molecule has 0 aliphatic carbocycles. The molecule has 0 bridgehead atoms. The van der Waals surface area contributed by atoms with Gasteiger partial charge < -0.3 is 20.3 Å². The van der Waals surface area contributed by atoms with E-state index >= 15 is 0 Å². The zero-order valence-corrected chi connectivity index (χ0v) is 18.1. The number of hydrogen-bond acceptors (Lipinski definition) is 3. The second kappa shape index (κ2) is 10.2. The minimum absolute atomic E-state index is 0.434.